The largest absolute Gasteiger partial charge is 0.273 e. The molecule has 180 valence electrons. The summed E-state index contributed by atoms with van der Waals surface area (Å²) in [5, 5.41) is 6.01. The smallest absolute Gasteiger partial charge is 0.266 e. The zero-order valence-corrected chi connectivity index (χ0v) is 21.2. The van der Waals surface area contributed by atoms with Crippen LogP contribution in [0, 0.1) is 5.92 Å². The van der Waals surface area contributed by atoms with Crippen LogP contribution in [0.1, 0.15) is 11.6 Å². The van der Waals surface area contributed by atoms with Crippen molar-refractivity contribution < 1.29 is 14.4 Å². The third kappa shape index (κ3) is 3.40. The summed E-state index contributed by atoms with van der Waals surface area (Å²) >= 11 is 3.43. The van der Waals surface area contributed by atoms with Crippen molar-refractivity contribution in [2.45, 2.75) is 12.1 Å². The fraction of sp³-hybridized carbons (Fsp3) is 0.0968. The Morgan fingerprint density at radius 3 is 1.89 bits per heavy atom. The molecular weight excluding hydrogens is 528 g/mol. The number of carbonyl (C=O) groups is 2. The monoisotopic (exact) mass is 548 g/mol. The molecule has 3 atom stereocenters. The second kappa shape index (κ2) is 8.54. The van der Waals surface area contributed by atoms with Gasteiger partial charge in [-0.2, -0.15) is 0 Å². The molecule has 0 N–H and O–H groups in total. The van der Waals surface area contributed by atoms with E-state index in [9.17, 15) is 9.59 Å². The van der Waals surface area contributed by atoms with Gasteiger partial charge < -0.3 is 0 Å². The van der Waals surface area contributed by atoms with Crippen molar-refractivity contribution in [2.24, 2.45) is 5.92 Å². The van der Waals surface area contributed by atoms with Crippen LogP contribution in [0.5, 0.6) is 0 Å². The Labute approximate surface area is 221 Å². The van der Waals surface area contributed by atoms with Gasteiger partial charge in [-0.3, -0.25) is 14.4 Å². The van der Waals surface area contributed by atoms with E-state index in [1.807, 2.05) is 66.7 Å². The van der Waals surface area contributed by atoms with E-state index in [1.165, 1.54) is 4.90 Å². The van der Waals surface area contributed by atoms with Gasteiger partial charge in [-0.25, -0.2) is 9.96 Å². The molecule has 2 saturated heterocycles. The van der Waals surface area contributed by atoms with E-state index in [2.05, 4.69) is 46.3 Å². The number of benzene rings is 5. The Morgan fingerprint density at radius 1 is 0.649 bits per heavy atom. The summed E-state index contributed by atoms with van der Waals surface area (Å²) in [5.41, 5.74) is 2.34. The summed E-state index contributed by atoms with van der Waals surface area (Å²) in [7, 11) is 0. The van der Waals surface area contributed by atoms with E-state index in [1.54, 1.807) is 17.2 Å². The number of nitrogens with zero attached hydrogens (tertiary/aromatic N) is 2. The van der Waals surface area contributed by atoms with Crippen molar-refractivity contribution in [3.05, 3.63) is 119 Å². The number of rotatable bonds is 3. The molecule has 0 bridgehead atoms. The summed E-state index contributed by atoms with van der Waals surface area (Å²) in [6.45, 7) is 0. The molecular formula is C31H21BrN2O3. The van der Waals surface area contributed by atoms with Gasteiger partial charge in [0.25, 0.3) is 5.91 Å². The SMILES string of the molecule is O=C1[C@@H]2[C@@H](c3c4ccccc4cc4ccccc34)N(c3ccccc3)O[C@H]2C(=O)N1c1ccc(Br)cc1. The van der Waals surface area contributed by atoms with E-state index in [0.717, 1.165) is 37.3 Å². The Bertz CT molecular complexity index is 1630. The maximum absolute atomic E-state index is 14.1. The van der Waals surface area contributed by atoms with Crippen LogP contribution in [-0.4, -0.2) is 17.9 Å². The molecule has 7 rings (SSSR count). The molecule has 5 nitrogen and oxygen atoms in total. The predicted octanol–water partition coefficient (Wildman–Crippen LogP) is 6.81. The summed E-state index contributed by atoms with van der Waals surface area (Å²) in [5.74, 6) is -1.30. The minimum absolute atomic E-state index is 0.252. The number of para-hydroxylation sites is 1. The van der Waals surface area contributed by atoms with Crippen LogP contribution in [0.2, 0.25) is 0 Å². The quantitative estimate of drug-likeness (QED) is 0.183. The van der Waals surface area contributed by atoms with Gasteiger partial charge in [-0.05, 0) is 69.6 Å². The van der Waals surface area contributed by atoms with Crippen molar-refractivity contribution in [2.75, 3.05) is 9.96 Å². The number of halogens is 1. The van der Waals surface area contributed by atoms with Gasteiger partial charge in [0.05, 0.1) is 17.4 Å². The van der Waals surface area contributed by atoms with Crippen molar-refractivity contribution in [3.8, 4) is 0 Å². The number of hydroxylamine groups is 1. The number of hydrogen-bond donors (Lipinski definition) is 0. The lowest BCUT2D eigenvalue weighted by Crippen LogP contribution is -2.37. The Kier molecular flexibility index (Phi) is 5.13. The molecule has 5 aromatic rings. The maximum atomic E-state index is 14.1. The number of fused-ring (bicyclic) bond motifs is 3. The molecule has 0 saturated carbocycles. The first-order valence-corrected chi connectivity index (χ1v) is 13.0. The van der Waals surface area contributed by atoms with E-state index in [0.29, 0.717) is 5.69 Å². The van der Waals surface area contributed by atoms with Crippen molar-refractivity contribution in [1.29, 1.82) is 0 Å². The molecule has 2 heterocycles. The predicted molar refractivity (Wildman–Crippen MR) is 148 cm³/mol. The highest BCUT2D eigenvalue weighted by atomic mass is 79.9. The van der Waals surface area contributed by atoms with Crippen LogP contribution in [-0.2, 0) is 14.4 Å². The van der Waals surface area contributed by atoms with Crippen LogP contribution in [0.4, 0.5) is 11.4 Å². The molecule has 0 aromatic heterocycles. The fourth-order valence-electron chi connectivity index (χ4n) is 5.72. The van der Waals surface area contributed by atoms with Gasteiger partial charge >= 0.3 is 0 Å². The minimum Gasteiger partial charge on any atom is -0.273 e. The van der Waals surface area contributed by atoms with E-state index in [4.69, 9.17) is 4.84 Å². The normalized spacial score (nSPS) is 21.3. The standard InChI is InChI=1S/C31H21BrN2O3/c32-21-14-16-22(17-15-21)33-30(35)27-28(34(37-29(27)31(33)36)23-10-2-1-3-11-23)26-24-12-6-4-8-19(24)18-20-9-5-7-13-25(20)26/h1-18,27-29H/t27-,28-,29-/m1/s1. The molecule has 37 heavy (non-hydrogen) atoms. The highest BCUT2D eigenvalue weighted by Gasteiger charge is 2.60. The van der Waals surface area contributed by atoms with Crippen molar-refractivity contribution >= 4 is 60.7 Å². The molecule has 2 aliphatic rings. The molecule has 2 aliphatic heterocycles. The fourth-order valence-corrected chi connectivity index (χ4v) is 5.98. The van der Waals surface area contributed by atoms with Gasteiger partial charge in [0.2, 0.25) is 5.91 Å². The van der Waals surface area contributed by atoms with Gasteiger partial charge in [0.15, 0.2) is 6.10 Å². The van der Waals surface area contributed by atoms with Gasteiger partial charge in [0, 0.05) is 4.47 Å². The lowest BCUT2D eigenvalue weighted by atomic mass is 9.84. The molecule has 0 spiro atoms. The van der Waals surface area contributed by atoms with Crippen LogP contribution in [0.3, 0.4) is 0 Å². The van der Waals surface area contributed by atoms with Gasteiger partial charge in [-0.15, -0.1) is 0 Å². The number of amides is 2. The third-order valence-corrected chi connectivity index (χ3v) is 7.85. The average Bonchev–Trinajstić information content (AvgIpc) is 3.44. The highest BCUT2D eigenvalue weighted by molar-refractivity contribution is 9.10. The van der Waals surface area contributed by atoms with Gasteiger partial charge in [0.1, 0.15) is 5.92 Å². The molecule has 0 aliphatic carbocycles. The van der Waals surface area contributed by atoms with Crippen LogP contribution in [0.15, 0.2) is 114 Å². The lowest BCUT2D eigenvalue weighted by molar-refractivity contribution is -0.126. The van der Waals surface area contributed by atoms with Crippen LogP contribution < -0.4 is 9.96 Å². The Hall–Kier alpha value is -4.00. The molecule has 5 aromatic carbocycles. The van der Waals surface area contributed by atoms with Crippen LogP contribution in [0.25, 0.3) is 21.5 Å². The van der Waals surface area contributed by atoms with Crippen molar-refractivity contribution in [1.82, 2.24) is 0 Å². The molecule has 2 amide bonds. The average molecular weight is 549 g/mol. The van der Waals surface area contributed by atoms with E-state index >= 15 is 0 Å². The first-order chi connectivity index (χ1) is 18.1. The summed E-state index contributed by atoms with van der Waals surface area (Å²) in [6, 6.07) is 35.0. The van der Waals surface area contributed by atoms with Crippen LogP contribution >= 0.6 is 15.9 Å². The minimum atomic E-state index is -0.918. The second-order valence-electron chi connectivity index (χ2n) is 9.38. The van der Waals surface area contributed by atoms with Crippen molar-refractivity contribution in [3.63, 3.8) is 0 Å². The molecule has 2 fully saturated rings. The molecule has 6 heteroatoms. The topological polar surface area (TPSA) is 49.9 Å². The summed E-state index contributed by atoms with van der Waals surface area (Å²) in [4.78, 5) is 35.5. The summed E-state index contributed by atoms with van der Waals surface area (Å²) < 4.78 is 0.877. The number of imide groups is 1. The second-order valence-corrected chi connectivity index (χ2v) is 10.3. The molecule has 0 radical (unpaired) electrons. The summed E-state index contributed by atoms with van der Waals surface area (Å²) in [6.07, 6.45) is -0.918. The third-order valence-electron chi connectivity index (χ3n) is 7.32. The Balaban J connectivity index is 1.47. The van der Waals surface area contributed by atoms with E-state index in [-0.39, 0.29) is 11.8 Å². The first kappa shape index (κ1) is 22.2. The zero-order chi connectivity index (χ0) is 25.1. The number of carbonyl (C=O) groups excluding carboxylic acids is 2. The lowest BCUT2D eigenvalue weighted by Gasteiger charge is -2.30. The molecule has 0 unspecified atom stereocenters. The first-order valence-electron chi connectivity index (χ1n) is 12.2. The maximum Gasteiger partial charge on any atom is 0.266 e. The van der Waals surface area contributed by atoms with E-state index < -0.39 is 18.1 Å². The zero-order valence-electron chi connectivity index (χ0n) is 19.6. The Morgan fingerprint density at radius 2 is 1.24 bits per heavy atom. The highest BCUT2D eigenvalue weighted by Crippen LogP contribution is 2.50. The van der Waals surface area contributed by atoms with Gasteiger partial charge in [-0.1, -0.05) is 82.7 Å². The number of hydrogen-bond acceptors (Lipinski definition) is 4. The number of anilines is 2.